The number of aliphatic carboxylic acids is 1. The largest absolute Gasteiger partial charge is 0.479 e. The molecule has 0 aromatic carbocycles. The molecule has 1 saturated heterocycles. The highest BCUT2D eigenvalue weighted by molar-refractivity contribution is 5.74. The van der Waals surface area contributed by atoms with Crippen molar-refractivity contribution >= 4 is 23.9 Å². The standard InChI is InChI=1S/C53H94O12/c1-4-7-10-13-16-19-21-22-23-24-26-29-32-35-38-41-47(56)64-51-49(58)48(57)50(52(59)60)65-53(51)62-43-44(63-46(55)40-37-34-31-27-18-15-12-9-6-3)42-61-45(54)39-36-33-30-28-25-20-17-14-11-8-5-2/h14,17,22-23,44,48-51,53,57-58H,4-13,15-16,18-21,24-43H2,1-3H3,(H,59,60)/b17-14-,23-22-. The van der Waals surface area contributed by atoms with E-state index in [9.17, 15) is 34.5 Å². The number of aliphatic hydroxyl groups is 2. The minimum Gasteiger partial charge on any atom is -0.479 e. The molecular formula is C53H94O12. The average molecular weight is 923 g/mol. The number of allylic oxidation sites excluding steroid dienone is 4. The summed E-state index contributed by atoms with van der Waals surface area (Å²) in [6.45, 7) is 5.89. The number of hydrogen-bond donors (Lipinski definition) is 3. The molecule has 1 rings (SSSR count). The second-order valence-corrected chi connectivity index (χ2v) is 18.2. The summed E-state index contributed by atoms with van der Waals surface area (Å²) in [7, 11) is 0. The zero-order chi connectivity index (χ0) is 47.6. The van der Waals surface area contributed by atoms with Gasteiger partial charge in [-0.3, -0.25) is 14.4 Å². The molecule has 0 radical (unpaired) electrons. The zero-order valence-corrected chi connectivity index (χ0v) is 41.2. The van der Waals surface area contributed by atoms with Gasteiger partial charge < -0.3 is 39.0 Å². The predicted molar refractivity (Wildman–Crippen MR) is 257 cm³/mol. The van der Waals surface area contributed by atoms with E-state index >= 15 is 0 Å². The monoisotopic (exact) mass is 923 g/mol. The van der Waals surface area contributed by atoms with Gasteiger partial charge >= 0.3 is 23.9 Å². The maximum atomic E-state index is 13.0. The van der Waals surface area contributed by atoms with E-state index in [0.717, 1.165) is 96.3 Å². The molecule has 0 aromatic heterocycles. The fraction of sp³-hybridized carbons (Fsp3) is 0.849. The Kier molecular flexibility index (Phi) is 39.4. The Morgan fingerprint density at radius 1 is 0.492 bits per heavy atom. The van der Waals surface area contributed by atoms with Crippen molar-refractivity contribution in [2.75, 3.05) is 13.2 Å². The molecule has 0 amide bonds. The number of ether oxygens (including phenoxy) is 5. The van der Waals surface area contributed by atoms with E-state index in [-0.39, 0.29) is 25.9 Å². The molecule has 12 nitrogen and oxygen atoms in total. The quantitative estimate of drug-likeness (QED) is 0.0229. The average Bonchev–Trinajstić information content (AvgIpc) is 3.29. The molecule has 3 N–H and O–H groups in total. The van der Waals surface area contributed by atoms with Gasteiger partial charge in [0.15, 0.2) is 24.6 Å². The van der Waals surface area contributed by atoms with Crippen LogP contribution in [-0.2, 0) is 42.9 Å². The first-order valence-corrected chi connectivity index (χ1v) is 26.3. The van der Waals surface area contributed by atoms with Crippen LogP contribution < -0.4 is 0 Å². The van der Waals surface area contributed by atoms with Crippen LogP contribution >= 0.6 is 0 Å². The SMILES string of the molecule is CCCC/C=C\CCCCCCCC(=O)OCC(COC1OC(C(=O)O)C(O)C(O)C1OC(=O)CCCCCCC/C=C\CCCCCCCC)OC(=O)CCCCCCCCCCC. The highest BCUT2D eigenvalue weighted by Crippen LogP contribution is 2.26. The Labute approximate surface area is 394 Å². The van der Waals surface area contributed by atoms with Crippen LogP contribution in [0, 0.1) is 0 Å². The number of carbonyl (C=O) groups is 4. The Bertz CT molecular complexity index is 1240. The van der Waals surface area contributed by atoms with Gasteiger partial charge in [-0.15, -0.1) is 0 Å². The first-order chi connectivity index (χ1) is 31.6. The van der Waals surface area contributed by atoms with Gasteiger partial charge in [-0.25, -0.2) is 4.79 Å². The summed E-state index contributed by atoms with van der Waals surface area (Å²) in [4.78, 5) is 50.7. The van der Waals surface area contributed by atoms with E-state index in [1.54, 1.807) is 0 Å². The van der Waals surface area contributed by atoms with Gasteiger partial charge in [0.25, 0.3) is 0 Å². The Morgan fingerprint density at radius 2 is 0.892 bits per heavy atom. The summed E-state index contributed by atoms with van der Waals surface area (Å²) in [5.74, 6) is -3.13. The highest BCUT2D eigenvalue weighted by atomic mass is 16.7. The van der Waals surface area contributed by atoms with Crippen molar-refractivity contribution in [1.82, 2.24) is 0 Å². The van der Waals surface area contributed by atoms with Gasteiger partial charge in [0, 0.05) is 19.3 Å². The second-order valence-electron chi connectivity index (χ2n) is 18.2. The van der Waals surface area contributed by atoms with Crippen LogP contribution in [0.25, 0.3) is 0 Å². The molecule has 1 fully saturated rings. The van der Waals surface area contributed by atoms with Crippen molar-refractivity contribution in [2.24, 2.45) is 0 Å². The molecule has 0 bridgehead atoms. The van der Waals surface area contributed by atoms with Gasteiger partial charge in [0.2, 0.25) is 0 Å². The molecule has 0 aliphatic carbocycles. The van der Waals surface area contributed by atoms with Gasteiger partial charge in [0.05, 0.1) is 6.61 Å². The fourth-order valence-corrected chi connectivity index (χ4v) is 7.87. The third kappa shape index (κ3) is 33.3. The van der Waals surface area contributed by atoms with E-state index in [0.29, 0.717) is 19.3 Å². The lowest BCUT2D eigenvalue weighted by Gasteiger charge is -2.40. The molecule has 1 heterocycles. The Hall–Kier alpha value is -2.80. The molecule has 0 spiro atoms. The number of carboxylic acids is 1. The number of carbonyl (C=O) groups excluding carboxylic acids is 3. The summed E-state index contributed by atoms with van der Waals surface area (Å²) in [6.07, 6.45) is 33.2. The summed E-state index contributed by atoms with van der Waals surface area (Å²) >= 11 is 0. The lowest BCUT2D eigenvalue weighted by atomic mass is 9.98. The third-order valence-electron chi connectivity index (χ3n) is 12.0. The molecule has 6 atom stereocenters. The van der Waals surface area contributed by atoms with Crippen LogP contribution in [0.15, 0.2) is 24.3 Å². The fourth-order valence-electron chi connectivity index (χ4n) is 7.87. The maximum Gasteiger partial charge on any atom is 0.335 e. The number of aliphatic hydroxyl groups excluding tert-OH is 2. The molecule has 12 heteroatoms. The lowest BCUT2D eigenvalue weighted by molar-refractivity contribution is -0.301. The smallest absolute Gasteiger partial charge is 0.335 e. The molecule has 65 heavy (non-hydrogen) atoms. The van der Waals surface area contributed by atoms with Gasteiger partial charge in [-0.1, -0.05) is 180 Å². The number of unbranched alkanes of at least 4 members (excludes halogenated alkanes) is 26. The maximum absolute atomic E-state index is 13.0. The number of rotatable bonds is 44. The minimum absolute atomic E-state index is 0.0536. The van der Waals surface area contributed by atoms with E-state index in [1.165, 1.54) is 83.5 Å². The predicted octanol–water partition coefficient (Wildman–Crippen LogP) is 12.3. The zero-order valence-electron chi connectivity index (χ0n) is 41.2. The van der Waals surface area contributed by atoms with Crippen LogP contribution in [0.1, 0.15) is 239 Å². The van der Waals surface area contributed by atoms with Crippen LogP contribution in [0.3, 0.4) is 0 Å². The molecule has 6 unspecified atom stereocenters. The number of carboxylic acid groups (broad SMARTS) is 1. The molecular weight excluding hydrogens is 829 g/mol. The van der Waals surface area contributed by atoms with Crippen molar-refractivity contribution in [3.8, 4) is 0 Å². The summed E-state index contributed by atoms with van der Waals surface area (Å²) in [5.41, 5.74) is 0. The van der Waals surface area contributed by atoms with Crippen molar-refractivity contribution in [1.29, 1.82) is 0 Å². The van der Waals surface area contributed by atoms with Crippen molar-refractivity contribution in [3.05, 3.63) is 24.3 Å². The highest BCUT2D eigenvalue weighted by Gasteiger charge is 2.50. The minimum atomic E-state index is -1.90. The van der Waals surface area contributed by atoms with Crippen LogP contribution in [-0.4, -0.2) is 89.2 Å². The normalized spacial score (nSPS) is 19.2. The van der Waals surface area contributed by atoms with Crippen molar-refractivity contribution in [2.45, 2.75) is 276 Å². The number of esters is 3. The topological polar surface area (TPSA) is 175 Å². The first kappa shape index (κ1) is 60.2. The van der Waals surface area contributed by atoms with Crippen LogP contribution in [0.2, 0.25) is 0 Å². The van der Waals surface area contributed by atoms with Gasteiger partial charge in [-0.2, -0.15) is 0 Å². The van der Waals surface area contributed by atoms with Crippen LogP contribution in [0.4, 0.5) is 0 Å². The van der Waals surface area contributed by atoms with Gasteiger partial charge in [-0.05, 0) is 64.2 Å². The van der Waals surface area contributed by atoms with E-state index in [4.69, 9.17) is 23.7 Å². The lowest BCUT2D eigenvalue weighted by Crippen LogP contribution is -2.61. The summed E-state index contributed by atoms with van der Waals surface area (Å²) < 4.78 is 28.2. The molecule has 0 aromatic rings. The third-order valence-corrected chi connectivity index (χ3v) is 12.0. The molecule has 0 saturated carbocycles. The van der Waals surface area contributed by atoms with Gasteiger partial charge in [0.1, 0.15) is 18.8 Å². The Balaban J connectivity index is 2.71. The first-order valence-electron chi connectivity index (χ1n) is 26.3. The van der Waals surface area contributed by atoms with Crippen molar-refractivity contribution in [3.63, 3.8) is 0 Å². The Morgan fingerprint density at radius 3 is 1.35 bits per heavy atom. The van der Waals surface area contributed by atoms with Crippen molar-refractivity contribution < 1.29 is 58.2 Å². The van der Waals surface area contributed by atoms with E-state index in [1.807, 2.05) is 0 Å². The van der Waals surface area contributed by atoms with E-state index in [2.05, 4.69) is 45.1 Å². The summed E-state index contributed by atoms with van der Waals surface area (Å²) in [6, 6.07) is 0. The molecule has 1 aliphatic heterocycles. The molecule has 378 valence electrons. The molecule has 1 aliphatic rings. The summed E-state index contributed by atoms with van der Waals surface area (Å²) in [5, 5.41) is 31.3. The van der Waals surface area contributed by atoms with Crippen LogP contribution in [0.5, 0.6) is 0 Å². The van der Waals surface area contributed by atoms with E-state index < -0.39 is 67.3 Å². The number of hydrogen-bond acceptors (Lipinski definition) is 11. The second kappa shape index (κ2) is 42.5.